The lowest BCUT2D eigenvalue weighted by atomic mass is 10.1. The van der Waals surface area contributed by atoms with E-state index in [0.29, 0.717) is 10.9 Å². The van der Waals surface area contributed by atoms with Crippen LogP contribution in [-0.2, 0) is 10.0 Å². The lowest BCUT2D eigenvalue weighted by molar-refractivity contribution is 0.0977. The van der Waals surface area contributed by atoms with Gasteiger partial charge in [-0.3, -0.25) is 4.79 Å². The predicted molar refractivity (Wildman–Crippen MR) is 108 cm³/mol. The van der Waals surface area contributed by atoms with Crippen LogP contribution >= 0.6 is 15.9 Å². The Bertz CT molecular complexity index is 846. The monoisotopic (exact) mass is 435 g/mol. The molecule has 0 heterocycles. The fraction of sp³-hybridized carbons (Fsp3) is 0.250. The van der Waals surface area contributed by atoms with E-state index in [4.69, 9.17) is 0 Å². The summed E-state index contributed by atoms with van der Waals surface area (Å²) < 4.78 is 27.3. The quantitative estimate of drug-likeness (QED) is 0.336. The van der Waals surface area contributed by atoms with Crippen LogP contribution in [0.4, 0.5) is 0 Å². The summed E-state index contributed by atoms with van der Waals surface area (Å²) in [5, 5.41) is 0.647. The van der Waals surface area contributed by atoms with Crippen LogP contribution in [0.2, 0.25) is 0 Å². The highest BCUT2D eigenvalue weighted by Gasteiger charge is 2.24. The first-order valence-corrected chi connectivity index (χ1v) is 10.9. The normalized spacial score (nSPS) is 12.0. The third kappa shape index (κ3) is 5.62. The molecule has 0 radical (unpaired) electrons. The van der Waals surface area contributed by atoms with E-state index in [2.05, 4.69) is 15.9 Å². The van der Waals surface area contributed by atoms with Crippen LogP contribution in [0.5, 0.6) is 0 Å². The summed E-state index contributed by atoms with van der Waals surface area (Å²) in [5.41, 5.74) is 1.59. The Morgan fingerprint density at radius 2 is 1.69 bits per heavy atom. The largest absolute Gasteiger partial charge is 0.294 e. The first kappa shape index (κ1) is 20.6. The Hall–Kier alpha value is -1.76. The molecule has 0 spiro atoms. The molecule has 0 bridgehead atoms. The summed E-state index contributed by atoms with van der Waals surface area (Å²) in [4.78, 5) is 12.6. The van der Waals surface area contributed by atoms with Gasteiger partial charge in [0.05, 0.1) is 4.90 Å². The van der Waals surface area contributed by atoms with Crippen molar-refractivity contribution in [1.29, 1.82) is 0 Å². The zero-order chi connectivity index (χ0) is 19.0. The van der Waals surface area contributed by atoms with Gasteiger partial charge in [-0.15, -0.1) is 0 Å². The van der Waals surface area contributed by atoms with Gasteiger partial charge in [-0.2, -0.15) is 4.31 Å². The maximum absolute atomic E-state index is 13.0. The van der Waals surface area contributed by atoms with Crippen LogP contribution in [0.15, 0.2) is 71.6 Å². The number of allylic oxidation sites excluding steroid dienone is 1. The van der Waals surface area contributed by atoms with Gasteiger partial charge in [0, 0.05) is 30.4 Å². The van der Waals surface area contributed by atoms with Crippen molar-refractivity contribution in [2.45, 2.75) is 18.2 Å². The molecule has 0 aliphatic rings. The second-order valence-electron chi connectivity index (χ2n) is 5.84. The molecule has 0 N–H and O–H groups in total. The topological polar surface area (TPSA) is 54.5 Å². The summed E-state index contributed by atoms with van der Waals surface area (Å²) in [7, 11) is -3.66. The van der Waals surface area contributed by atoms with Crippen LogP contribution in [0, 0.1) is 6.92 Å². The van der Waals surface area contributed by atoms with Crippen molar-refractivity contribution in [2.24, 2.45) is 0 Å². The first-order chi connectivity index (χ1) is 12.4. The van der Waals surface area contributed by atoms with Gasteiger partial charge in [0.25, 0.3) is 0 Å². The number of halogens is 1. The van der Waals surface area contributed by atoms with Gasteiger partial charge < -0.3 is 0 Å². The van der Waals surface area contributed by atoms with Crippen molar-refractivity contribution in [3.63, 3.8) is 0 Å². The van der Waals surface area contributed by atoms with E-state index in [1.807, 2.05) is 19.1 Å². The Morgan fingerprint density at radius 3 is 2.31 bits per heavy atom. The lowest BCUT2D eigenvalue weighted by Gasteiger charge is -2.20. The van der Waals surface area contributed by atoms with Gasteiger partial charge in [0.1, 0.15) is 0 Å². The number of carbonyl (C=O) groups excluding carboxylic acids is 1. The number of hydrogen-bond acceptors (Lipinski definition) is 3. The molecule has 2 aromatic rings. The molecule has 0 aliphatic carbocycles. The van der Waals surface area contributed by atoms with Crippen molar-refractivity contribution in [2.75, 3.05) is 18.4 Å². The number of Topliss-reactive ketones (excluding diaryl/α,β-unsaturated/α-hetero) is 1. The van der Waals surface area contributed by atoms with Crippen LogP contribution in [0.1, 0.15) is 22.3 Å². The Kier molecular flexibility index (Phi) is 7.75. The molecule has 0 saturated carbocycles. The number of carbonyl (C=O) groups is 1. The Morgan fingerprint density at radius 1 is 1.04 bits per heavy atom. The number of benzene rings is 2. The molecule has 0 atom stereocenters. The smallest absolute Gasteiger partial charge is 0.243 e. The highest BCUT2D eigenvalue weighted by atomic mass is 79.9. The lowest BCUT2D eigenvalue weighted by Crippen LogP contribution is -2.33. The minimum atomic E-state index is -3.66. The van der Waals surface area contributed by atoms with Gasteiger partial charge in [-0.1, -0.05) is 76.1 Å². The number of rotatable bonds is 9. The number of aryl methyl sites for hydroxylation is 1. The molecule has 138 valence electrons. The third-order valence-corrected chi connectivity index (χ3v) is 6.16. The van der Waals surface area contributed by atoms with E-state index in [1.165, 1.54) is 4.31 Å². The summed E-state index contributed by atoms with van der Waals surface area (Å²) in [6.45, 7) is 2.27. The van der Waals surface area contributed by atoms with Gasteiger partial charge >= 0.3 is 0 Å². The first-order valence-electron chi connectivity index (χ1n) is 8.31. The molecule has 0 saturated heterocycles. The molecule has 0 fully saturated rings. The summed E-state index contributed by atoms with van der Waals surface area (Å²) in [5.74, 6) is -0.0702. The zero-order valence-electron chi connectivity index (χ0n) is 14.6. The van der Waals surface area contributed by atoms with E-state index < -0.39 is 10.0 Å². The van der Waals surface area contributed by atoms with Crippen molar-refractivity contribution < 1.29 is 13.2 Å². The number of sulfonamides is 1. The highest BCUT2D eigenvalue weighted by Crippen LogP contribution is 2.17. The standard InChI is InChI=1S/C20H22BrNO3S/c1-17-9-11-19(12-10-17)26(24,25)22(15-6-5-14-21)16-13-20(23)18-7-3-2-4-8-18/h2-12H,13-16H2,1H3/b6-5+. The van der Waals surface area contributed by atoms with E-state index in [-0.39, 0.29) is 30.2 Å². The zero-order valence-corrected chi connectivity index (χ0v) is 17.0. The maximum atomic E-state index is 13.0. The van der Waals surface area contributed by atoms with E-state index >= 15 is 0 Å². The average molecular weight is 436 g/mol. The molecule has 4 nitrogen and oxygen atoms in total. The van der Waals surface area contributed by atoms with Gasteiger partial charge in [-0.05, 0) is 19.1 Å². The van der Waals surface area contributed by atoms with Crippen LogP contribution in [0.3, 0.4) is 0 Å². The highest BCUT2D eigenvalue weighted by molar-refractivity contribution is 9.09. The van der Waals surface area contributed by atoms with E-state index in [0.717, 1.165) is 5.56 Å². The molecule has 0 aromatic heterocycles. The fourth-order valence-corrected chi connectivity index (χ4v) is 4.08. The molecule has 6 heteroatoms. The van der Waals surface area contributed by atoms with Gasteiger partial charge in [0.2, 0.25) is 10.0 Å². The third-order valence-electron chi connectivity index (χ3n) is 3.91. The van der Waals surface area contributed by atoms with Crippen molar-refractivity contribution >= 4 is 31.7 Å². The summed E-state index contributed by atoms with van der Waals surface area (Å²) in [6.07, 6.45) is 3.77. The van der Waals surface area contributed by atoms with Crippen LogP contribution < -0.4 is 0 Å². The van der Waals surface area contributed by atoms with Crippen molar-refractivity contribution in [3.8, 4) is 0 Å². The number of alkyl halides is 1. The molecule has 2 rings (SSSR count). The average Bonchev–Trinajstić information content (AvgIpc) is 2.65. The molecule has 2 aromatic carbocycles. The predicted octanol–water partition coefficient (Wildman–Crippen LogP) is 4.21. The number of ketones is 1. The van der Waals surface area contributed by atoms with Gasteiger partial charge in [-0.25, -0.2) is 8.42 Å². The molecule has 0 aliphatic heterocycles. The minimum absolute atomic E-state index is 0.0702. The van der Waals surface area contributed by atoms with E-state index in [9.17, 15) is 13.2 Å². The van der Waals surface area contributed by atoms with Crippen molar-refractivity contribution in [3.05, 3.63) is 77.9 Å². The Balaban J connectivity index is 2.18. The van der Waals surface area contributed by atoms with Crippen LogP contribution in [0.25, 0.3) is 0 Å². The minimum Gasteiger partial charge on any atom is -0.294 e. The second-order valence-corrected chi connectivity index (χ2v) is 8.43. The molecular formula is C20H22BrNO3S. The number of hydrogen-bond donors (Lipinski definition) is 0. The summed E-state index contributed by atoms with van der Waals surface area (Å²) in [6, 6.07) is 15.7. The fourth-order valence-electron chi connectivity index (χ4n) is 2.42. The summed E-state index contributed by atoms with van der Waals surface area (Å²) >= 11 is 3.29. The SMILES string of the molecule is Cc1ccc(S(=O)(=O)N(C/C=C/CBr)CCC(=O)c2ccccc2)cc1. The van der Waals surface area contributed by atoms with Crippen molar-refractivity contribution in [1.82, 2.24) is 4.31 Å². The maximum Gasteiger partial charge on any atom is 0.243 e. The second kappa shape index (κ2) is 9.80. The molecule has 0 amide bonds. The Labute approximate surface area is 163 Å². The molecule has 26 heavy (non-hydrogen) atoms. The molecule has 0 unspecified atom stereocenters. The molecular weight excluding hydrogens is 414 g/mol. The van der Waals surface area contributed by atoms with Crippen LogP contribution in [-0.4, -0.2) is 36.9 Å². The van der Waals surface area contributed by atoms with E-state index in [1.54, 1.807) is 54.6 Å². The number of nitrogens with zero attached hydrogens (tertiary/aromatic N) is 1. The van der Waals surface area contributed by atoms with Gasteiger partial charge in [0.15, 0.2) is 5.78 Å².